The molecule has 0 saturated heterocycles. The van der Waals surface area contributed by atoms with E-state index in [1.165, 1.54) is 6.08 Å². The number of fused-ring (bicyclic) bond motifs is 1. The average molecular weight is 363 g/mol. The van der Waals surface area contributed by atoms with Gasteiger partial charge in [0.15, 0.2) is 23.9 Å². The second kappa shape index (κ2) is 8.68. The van der Waals surface area contributed by atoms with E-state index in [-0.39, 0.29) is 12.4 Å². The summed E-state index contributed by atoms with van der Waals surface area (Å²) in [6, 6.07) is 13.7. The number of esters is 1. The first-order chi connectivity index (χ1) is 13.2. The van der Waals surface area contributed by atoms with Crippen LogP contribution >= 0.6 is 0 Å². The molecule has 0 spiro atoms. The van der Waals surface area contributed by atoms with Crippen LogP contribution in [0.3, 0.4) is 0 Å². The van der Waals surface area contributed by atoms with Gasteiger partial charge in [-0.05, 0) is 42.0 Å². The lowest BCUT2D eigenvalue weighted by Gasteiger charge is -2.08. The SMILES string of the molecule is N#Cc1ccc(/C=C/C(=O)OCC(=O)c2ccc3c(c2)OCCCO3)cc1. The third-order valence-electron chi connectivity index (χ3n) is 3.87. The summed E-state index contributed by atoms with van der Waals surface area (Å²) in [5, 5.41) is 8.75. The van der Waals surface area contributed by atoms with E-state index in [0.29, 0.717) is 35.8 Å². The van der Waals surface area contributed by atoms with Crippen LogP contribution < -0.4 is 9.47 Å². The summed E-state index contributed by atoms with van der Waals surface area (Å²) in [5.41, 5.74) is 1.68. The fraction of sp³-hybridized carbons (Fsp3) is 0.190. The van der Waals surface area contributed by atoms with Gasteiger partial charge in [-0.25, -0.2) is 4.79 Å². The minimum absolute atomic E-state index is 0.328. The highest BCUT2D eigenvalue weighted by Gasteiger charge is 2.15. The lowest BCUT2D eigenvalue weighted by Crippen LogP contribution is -2.12. The van der Waals surface area contributed by atoms with Crippen molar-refractivity contribution in [3.05, 3.63) is 65.2 Å². The zero-order valence-electron chi connectivity index (χ0n) is 14.5. The highest BCUT2D eigenvalue weighted by Crippen LogP contribution is 2.30. The second-order valence-electron chi connectivity index (χ2n) is 5.81. The number of rotatable bonds is 5. The number of carbonyl (C=O) groups excluding carboxylic acids is 2. The molecule has 0 fully saturated rings. The first-order valence-corrected chi connectivity index (χ1v) is 8.43. The molecular formula is C21H17NO5. The number of hydrogen-bond donors (Lipinski definition) is 0. The number of ether oxygens (including phenoxy) is 3. The van der Waals surface area contributed by atoms with E-state index in [1.54, 1.807) is 48.5 Å². The van der Waals surface area contributed by atoms with Crippen LogP contribution in [0.25, 0.3) is 6.08 Å². The summed E-state index contributed by atoms with van der Waals surface area (Å²) in [5.74, 6) is 0.171. The molecule has 0 radical (unpaired) electrons. The Kier molecular flexibility index (Phi) is 5.85. The van der Waals surface area contributed by atoms with Gasteiger partial charge in [-0.15, -0.1) is 0 Å². The predicted molar refractivity (Wildman–Crippen MR) is 97.5 cm³/mol. The number of Topliss-reactive ketones (excluding diaryl/α,β-unsaturated/α-hetero) is 1. The molecule has 0 amide bonds. The zero-order valence-corrected chi connectivity index (χ0v) is 14.5. The maximum atomic E-state index is 12.2. The Morgan fingerprint density at radius 2 is 1.81 bits per heavy atom. The Bertz CT molecular complexity index is 909. The topological polar surface area (TPSA) is 85.6 Å². The molecular weight excluding hydrogens is 346 g/mol. The van der Waals surface area contributed by atoms with E-state index in [0.717, 1.165) is 12.0 Å². The highest BCUT2D eigenvalue weighted by atomic mass is 16.5. The Morgan fingerprint density at radius 1 is 1.07 bits per heavy atom. The maximum absolute atomic E-state index is 12.2. The van der Waals surface area contributed by atoms with Crippen molar-refractivity contribution >= 4 is 17.8 Å². The molecule has 2 aromatic carbocycles. The molecule has 3 rings (SSSR count). The zero-order chi connectivity index (χ0) is 19.1. The molecule has 0 N–H and O–H groups in total. The van der Waals surface area contributed by atoms with Crippen molar-refractivity contribution in [2.24, 2.45) is 0 Å². The third-order valence-corrected chi connectivity index (χ3v) is 3.87. The van der Waals surface area contributed by atoms with Crippen molar-refractivity contribution in [3.63, 3.8) is 0 Å². The van der Waals surface area contributed by atoms with Gasteiger partial charge in [0.1, 0.15) is 0 Å². The van der Waals surface area contributed by atoms with Crippen LogP contribution in [0.2, 0.25) is 0 Å². The molecule has 2 aromatic rings. The first kappa shape index (κ1) is 18.2. The van der Waals surface area contributed by atoms with Crippen LogP contribution in [0.5, 0.6) is 11.5 Å². The van der Waals surface area contributed by atoms with Gasteiger partial charge in [-0.3, -0.25) is 4.79 Å². The minimum atomic E-state index is -0.623. The monoisotopic (exact) mass is 363 g/mol. The lowest BCUT2D eigenvalue weighted by atomic mass is 10.1. The highest BCUT2D eigenvalue weighted by molar-refractivity contribution is 5.99. The van der Waals surface area contributed by atoms with Crippen LogP contribution in [0.1, 0.15) is 27.9 Å². The molecule has 1 aliphatic heterocycles. The molecule has 0 unspecified atom stereocenters. The van der Waals surface area contributed by atoms with Gasteiger partial charge >= 0.3 is 5.97 Å². The van der Waals surface area contributed by atoms with Crippen molar-refractivity contribution < 1.29 is 23.8 Å². The van der Waals surface area contributed by atoms with Gasteiger partial charge in [0, 0.05) is 18.1 Å². The standard InChI is InChI=1S/C21H17NO5/c22-13-16-4-2-15(3-5-16)6-9-21(24)27-14-18(23)17-7-8-19-20(12-17)26-11-1-10-25-19/h2-9,12H,1,10-11,14H2/b9-6+. The second-order valence-corrected chi connectivity index (χ2v) is 5.81. The van der Waals surface area contributed by atoms with Gasteiger partial charge in [0.05, 0.1) is 24.8 Å². The smallest absolute Gasteiger partial charge is 0.331 e. The molecule has 6 nitrogen and oxygen atoms in total. The molecule has 0 atom stereocenters. The Labute approximate surface area is 156 Å². The number of benzene rings is 2. The molecule has 1 heterocycles. The molecule has 0 saturated carbocycles. The summed E-state index contributed by atoms with van der Waals surface area (Å²) < 4.78 is 16.1. The predicted octanol–water partition coefficient (Wildman–Crippen LogP) is 3.16. The number of carbonyl (C=O) groups is 2. The molecule has 0 aromatic heterocycles. The largest absolute Gasteiger partial charge is 0.490 e. The van der Waals surface area contributed by atoms with Crippen LogP contribution in [0.15, 0.2) is 48.5 Å². The van der Waals surface area contributed by atoms with Crippen LogP contribution in [0.4, 0.5) is 0 Å². The summed E-state index contributed by atoms with van der Waals surface area (Å²) in [6.07, 6.45) is 3.57. The number of nitriles is 1. The van der Waals surface area contributed by atoms with Gasteiger partial charge in [-0.2, -0.15) is 5.26 Å². The first-order valence-electron chi connectivity index (χ1n) is 8.43. The summed E-state index contributed by atoms with van der Waals surface area (Å²) in [4.78, 5) is 24.0. The third kappa shape index (κ3) is 4.95. The van der Waals surface area contributed by atoms with Gasteiger partial charge in [0.25, 0.3) is 0 Å². The van der Waals surface area contributed by atoms with Crippen LogP contribution in [0, 0.1) is 11.3 Å². The van der Waals surface area contributed by atoms with E-state index < -0.39 is 5.97 Å². The van der Waals surface area contributed by atoms with E-state index in [2.05, 4.69) is 0 Å². The Balaban J connectivity index is 1.55. The van der Waals surface area contributed by atoms with Crippen molar-refractivity contribution in [2.45, 2.75) is 6.42 Å². The molecule has 1 aliphatic rings. The summed E-state index contributed by atoms with van der Waals surface area (Å²) in [7, 11) is 0. The lowest BCUT2D eigenvalue weighted by molar-refractivity contribution is -0.136. The minimum Gasteiger partial charge on any atom is -0.490 e. The fourth-order valence-corrected chi connectivity index (χ4v) is 2.44. The van der Waals surface area contributed by atoms with Crippen molar-refractivity contribution in [2.75, 3.05) is 19.8 Å². The van der Waals surface area contributed by atoms with E-state index in [4.69, 9.17) is 19.5 Å². The van der Waals surface area contributed by atoms with Crippen molar-refractivity contribution in [1.82, 2.24) is 0 Å². The van der Waals surface area contributed by atoms with Gasteiger partial charge in [0.2, 0.25) is 0 Å². The van der Waals surface area contributed by atoms with Crippen molar-refractivity contribution in [3.8, 4) is 17.6 Å². The number of ketones is 1. The van der Waals surface area contributed by atoms with E-state index >= 15 is 0 Å². The van der Waals surface area contributed by atoms with Gasteiger partial charge in [-0.1, -0.05) is 12.1 Å². The maximum Gasteiger partial charge on any atom is 0.331 e. The molecule has 0 aliphatic carbocycles. The Hall–Kier alpha value is -3.59. The molecule has 6 heteroatoms. The normalized spacial score (nSPS) is 12.9. The molecule has 136 valence electrons. The summed E-state index contributed by atoms with van der Waals surface area (Å²) in [6.45, 7) is 0.736. The molecule has 0 bridgehead atoms. The van der Waals surface area contributed by atoms with Gasteiger partial charge < -0.3 is 14.2 Å². The van der Waals surface area contributed by atoms with Crippen molar-refractivity contribution in [1.29, 1.82) is 5.26 Å². The van der Waals surface area contributed by atoms with E-state index in [1.807, 2.05) is 6.07 Å². The molecule has 27 heavy (non-hydrogen) atoms. The number of hydrogen-bond acceptors (Lipinski definition) is 6. The fourth-order valence-electron chi connectivity index (χ4n) is 2.44. The average Bonchev–Trinajstić information content (AvgIpc) is 2.95. The quantitative estimate of drug-likeness (QED) is 0.461. The van der Waals surface area contributed by atoms with Crippen LogP contribution in [-0.4, -0.2) is 31.6 Å². The number of nitrogens with zero attached hydrogens (tertiary/aromatic N) is 1. The van der Waals surface area contributed by atoms with Crippen LogP contribution in [-0.2, 0) is 9.53 Å². The summed E-state index contributed by atoms with van der Waals surface area (Å²) >= 11 is 0. The van der Waals surface area contributed by atoms with E-state index in [9.17, 15) is 9.59 Å². The Morgan fingerprint density at radius 3 is 2.56 bits per heavy atom.